The van der Waals surface area contributed by atoms with Gasteiger partial charge in [0.25, 0.3) is 0 Å². The number of H-pyrrole nitrogens is 1. The van der Waals surface area contributed by atoms with E-state index in [1.54, 1.807) is 18.3 Å². The van der Waals surface area contributed by atoms with Crippen LogP contribution in [0.2, 0.25) is 0 Å². The summed E-state index contributed by atoms with van der Waals surface area (Å²) in [5.74, 6) is 0.923. The topological polar surface area (TPSA) is 80.5 Å². The summed E-state index contributed by atoms with van der Waals surface area (Å²) < 4.78 is 40.9. The molecule has 0 amide bonds. The molecule has 0 aromatic carbocycles. The lowest BCUT2D eigenvalue weighted by molar-refractivity contribution is -0.137. The van der Waals surface area contributed by atoms with Gasteiger partial charge in [-0.05, 0) is 55.5 Å². The second-order valence-corrected chi connectivity index (χ2v) is 7.24. The highest BCUT2D eigenvalue weighted by atomic mass is 19.4. The predicted octanol–water partition coefficient (Wildman–Crippen LogP) is 4.37. The highest BCUT2D eigenvalue weighted by molar-refractivity contribution is 5.90. The van der Waals surface area contributed by atoms with Crippen LogP contribution in [0.1, 0.15) is 38.4 Å². The molecule has 1 fully saturated rings. The van der Waals surface area contributed by atoms with Gasteiger partial charge in [0.1, 0.15) is 5.69 Å². The van der Waals surface area contributed by atoms with Gasteiger partial charge < -0.3 is 5.73 Å². The number of hydrogen-bond donors (Lipinski definition) is 2. The lowest BCUT2D eigenvalue weighted by Crippen LogP contribution is -2.16. The van der Waals surface area contributed by atoms with Gasteiger partial charge >= 0.3 is 6.18 Å². The average molecular weight is 377 g/mol. The fraction of sp³-hybridized carbons (Fsp3) is 0.421. The summed E-state index contributed by atoms with van der Waals surface area (Å²) in [5.41, 5.74) is 6.21. The molecule has 5 nitrogen and oxygen atoms in total. The first-order valence-electron chi connectivity index (χ1n) is 8.96. The minimum atomic E-state index is -4.51. The monoisotopic (exact) mass is 377 g/mol. The zero-order valence-corrected chi connectivity index (χ0v) is 14.8. The Hall–Kier alpha value is -2.48. The summed E-state index contributed by atoms with van der Waals surface area (Å²) in [6.45, 7) is 2.72. The van der Waals surface area contributed by atoms with E-state index < -0.39 is 11.7 Å². The molecule has 27 heavy (non-hydrogen) atoms. The largest absolute Gasteiger partial charge is 0.418 e. The van der Waals surface area contributed by atoms with Crippen LogP contribution < -0.4 is 5.73 Å². The third kappa shape index (κ3) is 3.18. The fourth-order valence-electron chi connectivity index (χ4n) is 4.06. The van der Waals surface area contributed by atoms with Crippen LogP contribution in [-0.2, 0) is 6.18 Å². The molecule has 1 aliphatic rings. The van der Waals surface area contributed by atoms with Crippen LogP contribution in [0.4, 0.5) is 13.2 Å². The maximum atomic E-state index is 13.6. The van der Waals surface area contributed by atoms with Crippen LogP contribution in [0.5, 0.6) is 0 Å². The standard InChI is InChI=1S/C19H20F3N5.H2/c1-10-7-11(8-12(10)9-23)15-5-4-14(19(20,21)22)17(25-15)16-13-3-2-6-24-18(13)27-26-16;/h2-6,10-12H,7-9,23H2,1H3,(H,24,26,27);1H. The number of nitrogens with zero attached hydrogens (tertiary/aromatic N) is 3. The maximum absolute atomic E-state index is 13.6. The smallest absolute Gasteiger partial charge is 0.330 e. The molecule has 3 N–H and O–H groups in total. The van der Waals surface area contributed by atoms with Crippen molar-refractivity contribution >= 4 is 11.0 Å². The van der Waals surface area contributed by atoms with Crippen molar-refractivity contribution in [2.45, 2.75) is 31.9 Å². The molecule has 0 radical (unpaired) electrons. The highest BCUT2D eigenvalue weighted by Crippen LogP contribution is 2.43. The van der Waals surface area contributed by atoms with E-state index in [9.17, 15) is 13.2 Å². The molecule has 0 saturated heterocycles. The summed E-state index contributed by atoms with van der Waals surface area (Å²) in [7, 11) is 0. The Morgan fingerprint density at radius 1 is 1.26 bits per heavy atom. The molecule has 1 saturated carbocycles. The van der Waals surface area contributed by atoms with Crippen molar-refractivity contribution in [3.63, 3.8) is 0 Å². The van der Waals surface area contributed by atoms with E-state index >= 15 is 0 Å². The molecule has 144 valence electrons. The second-order valence-electron chi connectivity index (χ2n) is 7.24. The number of rotatable bonds is 3. The Morgan fingerprint density at radius 3 is 2.78 bits per heavy atom. The van der Waals surface area contributed by atoms with Gasteiger partial charge in [-0.3, -0.25) is 10.1 Å². The van der Waals surface area contributed by atoms with E-state index in [2.05, 4.69) is 27.1 Å². The third-order valence-corrected chi connectivity index (χ3v) is 5.56. The zero-order chi connectivity index (χ0) is 19.2. The van der Waals surface area contributed by atoms with Crippen LogP contribution in [0.15, 0.2) is 30.5 Å². The summed E-state index contributed by atoms with van der Waals surface area (Å²) in [4.78, 5) is 8.54. The lowest BCUT2D eigenvalue weighted by Gasteiger charge is -2.16. The molecule has 3 heterocycles. The van der Waals surface area contributed by atoms with Crippen LogP contribution >= 0.6 is 0 Å². The molecule has 3 aromatic rings. The fourth-order valence-corrected chi connectivity index (χ4v) is 4.06. The highest BCUT2D eigenvalue weighted by Gasteiger charge is 2.37. The van der Waals surface area contributed by atoms with Gasteiger partial charge in [0.05, 0.1) is 11.3 Å². The number of nitrogens with two attached hydrogens (primary N) is 1. The van der Waals surface area contributed by atoms with Crippen molar-refractivity contribution in [1.82, 2.24) is 20.2 Å². The number of aromatic nitrogens is 4. The van der Waals surface area contributed by atoms with Crippen molar-refractivity contribution in [3.05, 3.63) is 41.7 Å². The molecular weight excluding hydrogens is 355 g/mol. The van der Waals surface area contributed by atoms with Gasteiger partial charge in [-0.1, -0.05) is 6.92 Å². The first-order chi connectivity index (χ1) is 12.9. The summed E-state index contributed by atoms with van der Waals surface area (Å²) >= 11 is 0. The number of halogens is 3. The Balaban J connectivity index is 0.00000225. The normalized spacial score (nSPS) is 23.2. The second kappa shape index (κ2) is 6.60. The first-order valence-corrected chi connectivity index (χ1v) is 8.96. The molecule has 8 heteroatoms. The molecule has 4 rings (SSSR count). The Bertz CT molecular complexity index is 972. The molecule has 1 aliphatic carbocycles. The van der Waals surface area contributed by atoms with E-state index in [1.165, 1.54) is 6.07 Å². The first kappa shape index (κ1) is 17.9. The summed E-state index contributed by atoms with van der Waals surface area (Å²) in [6, 6.07) is 5.99. The maximum Gasteiger partial charge on any atom is 0.418 e. The molecule has 3 aromatic heterocycles. The Morgan fingerprint density at radius 2 is 2.07 bits per heavy atom. The van der Waals surface area contributed by atoms with E-state index in [1.807, 2.05) is 0 Å². The number of pyridine rings is 2. The van der Waals surface area contributed by atoms with Crippen LogP contribution in [0, 0.1) is 11.8 Å². The summed E-state index contributed by atoms with van der Waals surface area (Å²) in [5, 5.41) is 7.24. The quantitative estimate of drug-likeness (QED) is 0.710. The molecule has 0 bridgehead atoms. The van der Waals surface area contributed by atoms with Crippen molar-refractivity contribution in [2.24, 2.45) is 17.6 Å². The molecular formula is C19H22F3N5. The minimum Gasteiger partial charge on any atom is -0.330 e. The van der Waals surface area contributed by atoms with Gasteiger partial charge in [0, 0.05) is 24.6 Å². The number of hydrogen-bond acceptors (Lipinski definition) is 4. The minimum absolute atomic E-state index is 0. The van der Waals surface area contributed by atoms with Crippen LogP contribution in [0.3, 0.4) is 0 Å². The van der Waals surface area contributed by atoms with Crippen LogP contribution in [0.25, 0.3) is 22.4 Å². The molecule has 3 unspecified atom stereocenters. The zero-order valence-electron chi connectivity index (χ0n) is 14.8. The van der Waals surface area contributed by atoms with Crippen molar-refractivity contribution in [3.8, 4) is 11.4 Å². The predicted molar refractivity (Wildman–Crippen MR) is 97.9 cm³/mol. The molecule has 3 atom stereocenters. The van der Waals surface area contributed by atoms with Gasteiger partial charge in [0.15, 0.2) is 5.65 Å². The van der Waals surface area contributed by atoms with Gasteiger partial charge in [-0.2, -0.15) is 18.3 Å². The van der Waals surface area contributed by atoms with E-state index in [4.69, 9.17) is 5.73 Å². The van der Waals surface area contributed by atoms with Crippen molar-refractivity contribution in [1.29, 1.82) is 0 Å². The Kier molecular flexibility index (Phi) is 4.38. The number of alkyl halides is 3. The SMILES string of the molecule is CC1CC(c2ccc(C(F)(F)F)c(-c3[nH]nc4ncccc34)n2)CC1CN.[HH]. The molecule has 0 aliphatic heterocycles. The summed E-state index contributed by atoms with van der Waals surface area (Å²) in [6.07, 6.45) is -1.23. The number of fused-ring (bicyclic) bond motifs is 1. The van der Waals surface area contributed by atoms with Crippen molar-refractivity contribution in [2.75, 3.05) is 6.54 Å². The molecule has 0 spiro atoms. The third-order valence-electron chi connectivity index (χ3n) is 5.56. The van der Waals surface area contributed by atoms with Gasteiger partial charge in [-0.25, -0.2) is 4.98 Å². The average Bonchev–Trinajstić information content (AvgIpc) is 3.23. The lowest BCUT2D eigenvalue weighted by atomic mass is 9.98. The van der Waals surface area contributed by atoms with E-state index in [0.717, 1.165) is 18.9 Å². The van der Waals surface area contributed by atoms with E-state index in [-0.39, 0.29) is 18.7 Å². The van der Waals surface area contributed by atoms with Crippen molar-refractivity contribution < 1.29 is 14.6 Å². The van der Waals surface area contributed by atoms with E-state index in [0.29, 0.717) is 35.1 Å². The Labute approximate surface area is 155 Å². The van der Waals surface area contributed by atoms with Gasteiger partial charge in [-0.15, -0.1) is 0 Å². The number of nitrogens with one attached hydrogen (secondary N) is 1. The van der Waals surface area contributed by atoms with Gasteiger partial charge in [0.2, 0.25) is 0 Å². The number of aromatic amines is 1. The van der Waals surface area contributed by atoms with Crippen LogP contribution in [-0.4, -0.2) is 26.7 Å².